The van der Waals surface area contributed by atoms with E-state index in [0.29, 0.717) is 5.92 Å². The number of nitrogens with zero attached hydrogens (tertiary/aromatic N) is 1. The summed E-state index contributed by atoms with van der Waals surface area (Å²) < 4.78 is 11.1. The predicted octanol–water partition coefficient (Wildman–Crippen LogP) is 2.75. The van der Waals surface area contributed by atoms with Gasteiger partial charge in [0.05, 0.1) is 0 Å². The van der Waals surface area contributed by atoms with Crippen molar-refractivity contribution in [2.45, 2.75) is 32.6 Å². The van der Waals surface area contributed by atoms with Gasteiger partial charge in [-0.25, -0.2) is 0 Å². The lowest BCUT2D eigenvalue weighted by atomic mass is 10.0. The maximum atomic E-state index is 5.77. The molecule has 0 aliphatic carbocycles. The lowest BCUT2D eigenvalue weighted by molar-refractivity contribution is 0.0203. The summed E-state index contributed by atoms with van der Waals surface area (Å²) in [5, 5.41) is 6.65. The fourth-order valence-electron chi connectivity index (χ4n) is 2.29. The molecule has 1 aliphatic heterocycles. The van der Waals surface area contributed by atoms with Crippen LogP contribution in [0.15, 0.2) is 4.99 Å². The standard InChI is InChI=1S/C16H33N3O2S.HI/c1-3-17-16(19-9-5-13-22-2)18-8-4-10-21-14-15-6-11-20-12-7-15;/h15H,3-14H2,1-2H3,(H2,17,18,19);1H. The van der Waals surface area contributed by atoms with Crippen LogP contribution < -0.4 is 10.6 Å². The van der Waals surface area contributed by atoms with Gasteiger partial charge in [0, 0.05) is 46.1 Å². The summed E-state index contributed by atoms with van der Waals surface area (Å²) in [5.41, 5.74) is 0. The third kappa shape index (κ3) is 13.3. The van der Waals surface area contributed by atoms with Gasteiger partial charge in [-0.05, 0) is 50.5 Å². The minimum Gasteiger partial charge on any atom is -0.381 e. The van der Waals surface area contributed by atoms with Gasteiger partial charge < -0.3 is 20.1 Å². The molecule has 23 heavy (non-hydrogen) atoms. The van der Waals surface area contributed by atoms with Gasteiger partial charge in [0.15, 0.2) is 5.96 Å². The van der Waals surface area contributed by atoms with E-state index in [1.54, 1.807) is 0 Å². The summed E-state index contributed by atoms with van der Waals surface area (Å²) in [7, 11) is 0. The molecule has 1 aliphatic rings. The number of hydrogen-bond acceptors (Lipinski definition) is 4. The Bertz CT molecular complexity index is 290. The van der Waals surface area contributed by atoms with E-state index in [4.69, 9.17) is 9.47 Å². The van der Waals surface area contributed by atoms with E-state index >= 15 is 0 Å². The number of guanidine groups is 1. The van der Waals surface area contributed by atoms with Crippen molar-refractivity contribution in [3.63, 3.8) is 0 Å². The van der Waals surface area contributed by atoms with Crippen molar-refractivity contribution < 1.29 is 9.47 Å². The molecular formula is C16H34IN3O2S. The average molecular weight is 459 g/mol. The monoisotopic (exact) mass is 459 g/mol. The highest BCUT2D eigenvalue weighted by molar-refractivity contribution is 14.0. The molecule has 0 aromatic heterocycles. The molecule has 0 aromatic rings. The molecule has 0 saturated carbocycles. The Morgan fingerprint density at radius 2 is 2.04 bits per heavy atom. The van der Waals surface area contributed by atoms with E-state index in [1.807, 2.05) is 11.8 Å². The van der Waals surface area contributed by atoms with Gasteiger partial charge in [-0.1, -0.05) is 0 Å². The highest BCUT2D eigenvalue weighted by atomic mass is 127. The van der Waals surface area contributed by atoms with Gasteiger partial charge in [-0.15, -0.1) is 24.0 Å². The van der Waals surface area contributed by atoms with Crippen molar-refractivity contribution in [1.82, 2.24) is 10.6 Å². The molecule has 0 spiro atoms. The first-order valence-corrected chi connectivity index (χ1v) is 9.92. The molecule has 1 heterocycles. The molecule has 1 saturated heterocycles. The van der Waals surface area contributed by atoms with Crippen molar-refractivity contribution in [2.75, 3.05) is 58.1 Å². The normalized spacial score (nSPS) is 16.0. The summed E-state index contributed by atoms with van der Waals surface area (Å²) >= 11 is 1.87. The van der Waals surface area contributed by atoms with Crippen LogP contribution in [0.3, 0.4) is 0 Å². The second-order valence-electron chi connectivity index (χ2n) is 5.52. The number of halogens is 1. The Morgan fingerprint density at radius 3 is 2.74 bits per heavy atom. The van der Waals surface area contributed by atoms with Crippen LogP contribution in [-0.2, 0) is 9.47 Å². The molecule has 0 unspecified atom stereocenters. The molecule has 0 bridgehead atoms. The molecule has 0 radical (unpaired) electrons. The summed E-state index contributed by atoms with van der Waals surface area (Å²) in [6.07, 6.45) is 6.56. The fourth-order valence-corrected chi connectivity index (χ4v) is 2.70. The minimum atomic E-state index is 0. The predicted molar refractivity (Wildman–Crippen MR) is 111 cm³/mol. The van der Waals surface area contributed by atoms with Crippen LogP contribution in [0.4, 0.5) is 0 Å². The molecule has 2 N–H and O–H groups in total. The highest BCUT2D eigenvalue weighted by Crippen LogP contribution is 2.14. The Morgan fingerprint density at radius 1 is 1.26 bits per heavy atom. The number of ether oxygens (including phenoxy) is 2. The topological polar surface area (TPSA) is 54.9 Å². The maximum absolute atomic E-state index is 5.77. The van der Waals surface area contributed by atoms with Crippen molar-refractivity contribution in [3.05, 3.63) is 0 Å². The Balaban J connectivity index is 0.00000484. The van der Waals surface area contributed by atoms with Gasteiger partial charge in [0.25, 0.3) is 0 Å². The van der Waals surface area contributed by atoms with Gasteiger partial charge in [-0.2, -0.15) is 11.8 Å². The fraction of sp³-hybridized carbons (Fsp3) is 0.938. The van der Waals surface area contributed by atoms with E-state index in [9.17, 15) is 0 Å². The van der Waals surface area contributed by atoms with Crippen LogP contribution in [0.1, 0.15) is 32.6 Å². The zero-order valence-electron chi connectivity index (χ0n) is 14.6. The molecule has 0 amide bonds. The molecule has 138 valence electrons. The number of hydrogen-bond donors (Lipinski definition) is 2. The molecular weight excluding hydrogens is 425 g/mol. The van der Waals surface area contributed by atoms with Crippen LogP contribution >= 0.6 is 35.7 Å². The van der Waals surface area contributed by atoms with Crippen molar-refractivity contribution in [2.24, 2.45) is 10.9 Å². The first-order chi connectivity index (χ1) is 10.9. The van der Waals surface area contributed by atoms with Gasteiger partial charge in [-0.3, -0.25) is 4.99 Å². The molecule has 0 aromatic carbocycles. The highest BCUT2D eigenvalue weighted by Gasteiger charge is 2.13. The van der Waals surface area contributed by atoms with Crippen molar-refractivity contribution >= 4 is 41.7 Å². The largest absolute Gasteiger partial charge is 0.381 e. The molecule has 1 rings (SSSR count). The minimum absolute atomic E-state index is 0. The summed E-state index contributed by atoms with van der Waals surface area (Å²) in [5.74, 6) is 2.79. The van der Waals surface area contributed by atoms with Crippen LogP contribution in [-0.4, -0.2) is 64.0 Å². The number of thioether (sulfide) groups is 1. The molecule has 1 fully saturated rings. The van der Waals surface area contributed by atoms with Crippen LogP contribution in [0.2, 0.25) is 0 Å². The molecule has 7 heteroatoms. The maximum Gasteiger partial charge on any atom is 0.191 e. The van der Waals surface area contributed by atoms with Crippen molar-refractivity contribution in [1.29, 1.82) is 0 Å². The summed E-state index contributed by atoms with van der Waals surface area (Å²) in [6.45, 7) is 8.27. The van der Waals surface area contributed by atoms with Crippen molar-refractivity contribution in [3.8, 4) is 0 Å². The van der Waals surface area contributed by atoms with Crippen LogP contribution in [0.25, 0.3) is 0 Å². The SMILES string of the molecule is CCNC(=NCCCSC)NCCCOCC1CCOCC1.I. The summed E-state index contributed by atoms with van der Waals surface area (Å²) in [4.78, 5) is 4.57. The smallest absolute Gasteiger partial charge is 0.191 e. The van der Waals surface area contributed by atoms with E-state index in [0.717, 1.165) is 77.7 Å². The first-order valence-electron chi connectivity index (χ1n) is 8.53. The first kappa shape index (κ1) is 23.3. The zero-order valence-corrected chi connectivity index (χ0v) is 17.8. The van der Waals surface area contributed by atoms with Crippen LogP contribution in [0.5, 0.6) is 0 Å². The molecule has 0 atom stereocenters. The number of rotatable bonds is 11. The number of nitrogens with one attached hydrogen (secondary N) is 2. The third-order valence-electron chi connectivity index (χ3n) is 3.57. The lowest BCUT2D eigenvalue weighted by Crippen LogP contribution is -2.38. The second-order valence-corrected chi connectivity index (χ2v) is 6.50. The Kier molecular flexibility index (Phi) is 17.3. The Labute approximate surface area is 163 Å². The van der Waals surface area contributed by atoms with Gasteiger partial charge in [0.1, 0.15) is 0 Å². The van der Waals surface area contributed by atoms with E-state index in [-0.39, 0.29) is 24.0 Å². The average Bonchev–Trinajstić information content (AvgIpc) is 2.55. The Hall–Kier alpha value is 0.270. The number of aliphatic imine (C=N–C) groups is 1. The van der Waals surface area contributed by atoms with E-state index in [1.165, 1.54) is 5.75 Å². The van der Waals surface area contributed by atoms with E-state index in [2.05, 4.69) is 28.8 Å². The quantitative estimate of drug-likeness (QED) is 0.215. The third-order valence-corrected chi connectivity index (χ3v) is 4.27. The summed E-state index contributed by atoms with van der Waals surface area (Å²) in [6, 6.07) is 0. The van der Waals surface area contributed by atoms with Gasteiger partial charge >= 0.3 is 0 Å². The van der Waals surface area contributed by atoms with Gasteiger partial charge in [0.2, 0.25) is 0 Å². The lowest BCUT2D eigenvalue weighted by Gasteiger charge is -2.21. The van der Waals surface area contributed by atoms with Crippen LogP contribution in [0, 0.1) is 5.92 Å². The zero-order chi connectivity index (χ0) is 15.9. The second kappa shape index (κ2) is 17.1. The molecule has 5 nitrogen and oxygen atoms in total. The van der Waals surface area contributed by atoms with E-state index < -0.39 is 0 Å².